The summed E-state index contributed by atoms with van der Waals surface area (Å²) in [5.74, 6) is 1.29. The second kappa shape index (κ2) is 4.73. The molecule has 0 bridgehead atoms. The molecular formula is C15H22FN3O2. The van der Waals surface area contributed by atoms with Gasteiger partial charge in [0.25, 0.3) is 0 Å². The van der Waals surface area contributed by atoms with E-state index < -0.39 is 12.3 Å². The number of fused-ring (bicyclic) bond motifs is 1. The molecule has 5 nitrogen and oxygen atoms in total. The molecule has 3 N–H and O–H groups in total. The van der Waals surface area contributed by atoms with E-state index in [1.807, 2.05) is 24.8 Å². The average molecular weight is 295 g/mol. The van der Waals surface area contributed by atoms with Crippen molar-refractivity contribution in [2.45, 2.75) is 44.4 Å². The highest BCUT2D eigenvalue weighted by Crippen LogP contribution is 2.39. The van der Waals surface area contributed by atoms with Gasteiger partial charge in [0.05, 0.1) is 12.3 Å². The number of nitrogens with zero attached hydrogens (tertiary/aromatic N) is 2. The van der Waals surface area contributed by atoms with Gasteiger partial charge in [-0.2, -0.15) is 4.98 Å². The number of hydrogen-bond acceptors (Lipinski definition) is 5. The minimum absolute atomic E-state index is 0.257. The fraction of sp³-hybridized carbons (Fsp3) is 0.667. The number of aromatic nitrogens is 1. The Morgan fingerprint density at radius 2 is 2.10 bits per heavy atom. The van der Waals surface area contributed by atoms with Crippen molar-refractivity contribution < 1.29 is 14.2 Å². The van der Waals surface area contributed by atoms with Gasteiger partial charge in [-0.05, 0) is 19.9 Å². The Hall–Kier alpha value is -1.56. The second-order valence-electron chi connectivity index (χ2n) is 6.70. The number of piperidine rings is 1. The Labute approximate surface area is 123 Å². The maximum atomic E-state index is 14.1. The zero-order chi connectivity index (χ0) is 15.3. The first-order valence-corrected chi connectivity index (χ1v) is 7.35. The smallest absolute Gasteiger partial charge is 0.219 e. The van der Waals surface area contributed by atoms with Crippen LogP contribution in [-0.2, 0) is 6.42 Å². The van der Waals surface area contributed by atoms with Crippen molar-refractivity contribution in [2.24, 2.45) is 0 Å². The molecule has 1 aromatic heterocycles. The van der Waals surface area contributed by atoms with Gasteiger partial charge in [0.2, 0.25) is 5.88 Å². The average Bonchev–Trinajstić information content (AvgIpc) is 2.72. The van der Waals surface area contributed by atoms with Crippen molar-refractivity contribution in [3.63, 3.8) is 0 Å². The number of aliphatic hydroxyl groups is 1. The highest BCUT2D eigenvalue weighted by molar-refractivity contribution is 5.66. The van der Waals surface area contributed by atoms with Crippen molar-refractivity contribution in [1.29, 1.82) is 0 Å². The number of alkyl halides is 1. The van der Waals surface area contributed by atoms with Crippen molar-refractivity contribution in [3.05, 3.63) is 11.6 Å². The quantitative estimate of drug-likeness (QED) is 0.868. The van der Waals surface area contributed by atoms with Gasteiger partial charge in [-0.25, -0.2) is 4.39 Å². The first-order valence-electron chi connectivity index (χ1n) is 7.35. The normalized spacial score (nSPS) is 22.8. The molecule has 0 amide bonds. The van der Waals surface area contributed by atoms with Gasteiger partial charge in [0.1, 0.15) is 11.3 Å². The Morgan fingerprint density at radius 1 is 1.43 bits per heavy atom. The van der Waals surface area contributed by atoms with Crippen LogP contribution < -0.4 is 15.4 Å². The standard InChI is InChI=1S/C15H22FN3O2/c1-14(2)8-10-7-11(17)12(18-13(10)21-14)19-5-3-15(16,9-20)4-6-19/h7,20H,3-6,8-9,17H2,1-2H3. The van der Waals surface area contributed by atoms with E-state index in [-0.39, 0.29) is 18.4 Å². The summed E-state index contributed by atoms with van der Waals surface area (Å²) in [6.07, 6.45) is 1.36. The van der Waals surface area contributed by atoms with Gasteiger partial charge < -0.3 is 20.5 Å². The van der Waals surface area contributed by atoms with Crippen LogP contribution in [0.15, 0.2) is 6.07 Å². The molecule has 2 aliphatic heterocycles. The van der Waals surface area contributed by atoms with Crippen molar-refractivity contribution in [2.75, 3.05) is 30.3 Å². The van der Waals surface area contributed by atoms with Gasteiger partial charge in [-0.15, -0.1) is 0 Å². The molecule has 0 saturated carbocycles. The third-order valence-electron chi connectivity index (χ3n) is 4.30. The van der Waals surface area contributed by atoms with Gasteiger partial charge in [-0.3, -0.25) is 0 Å². The summed E-state index contributed by atoms with van der Waals surface area (Å²) in [5.41, 5.74) is 6.01. The summed E-state index contributed by atoms with van der Waals surface area (Å²) >= 11 is 0. The topological polar surface area (TPSA) is 71.6 Å². The Morgan fingerprint density at radius 3 is 2.71 bits per heavy atom. The number of hydrogen-bond donors (Lipinski definition) is 2. The summed E-state index contributed by atoms with van der Waals surface area (Å²) in [4.78, 5) is 6.51. The highest BCUT2D eigenvalue weighted by Gasteiger charge is 2.36. The van der Waals surface area contributed by atoms with Gasteiger partial charge in [0.15, 0.2) is 5.82 Å². The molecule has 6 heteroatoms. The molecule has 2 aliphatic rings. The van der Waals surface area contributed by atoms with Crippen LogP contribution in [-0.4, -0.2) is 41.1 Å². The summed E-state index contributed by atoms with van der Waals surface area (Å²) in [6, 6.07) is 1.91. The van der Waals surface area contributed by atoms with Gasteiger partial charge in [0, 0.05) is 37.9 Å². The minimum atomic E-state index is -1.47. The van der Waals surface area contributed by atoms with Gasteiger partial charge in [-0.1, -0.05) is 0 Å². The molecule has 3 rings (SSSR count). The largest absolute Gasteiger partial charge is 0.471 e. The van der Waals surface area contributed by atoms with Crippen LogP contribution in [0.25, 0.3) is 0 Å². The fourth-order valence-corrected chi connectivity index (χ4v) is 3.05. The van der Waals surface area contributed by atoms with Crippen LogP contribution in [0.1, 0.15) is 32.3 Å². The number of ether oxygens (including phenoxy) is 1. The van der Waals surface area contributed by atoms with E-state index in [0.717, 1.165) is 12.0 Å². The molecule has 0 unspecified atom stereocenters. The molecule has 3 heterocycles. The molecule has 1 saturated heterocycles. The van der Waals surface area contributed by atoms with E-state index >= 15 is 0 Å². The van der Waals surface area contributed by atoms with Crippen LogP contribution in [0.3, 0.4) is 0 Å². The minimum Gasteiger partial charge on any atom is -0.471 e. The molecule has 0 aromatic carbocycles. The third-order valence-corrected chi connectivity index (χ3v) is 4.30. The SMILES string of the molecule is CC1(C)Cc2cc(N)c(N3CCC(F)(CO)CC3)nc2O1. The van der Waals surface area contributed by atoms with Crippen LogP contribution in [0, 0.1) is 0 Å². The van der Waals surface area contributed by atoms with Crippen molar-refractivity contribution >= 4 is 11.5 Å². The molecule has 0 radical (unpaired) electrons. The van der Waals surface area contributed by atoms with E-state index in [1.165, 1.54) is 0 Å². The first kappa shape index (κ1) is 14.4. The molecule has 21 heavy (non-hydrogen) atoms. The van der Waals surface area contributed by atoms with Crippen LogP contribution in [0.5, 0.6) is 5.88 Å². The van der Waals surface area contributed by atoms with Crippen molar-refractivity contribution in [3.8, 4) is 5.88 Å². The van der Waals surface area contributed by atoms with Crippen molar-refractivity contribution in [1.82, 2.24) is 4.98 Å². The van der Waals surface area contributed by atoms with E-state index in [2.05, 4.69) is 4.98 Å². The summed E-state index contributed by atoms with van der Waals surface area (Å²) in [6.45, 7) is 4.60. The number of nitrogens with two attached hydrogens (primary N) is 1. The lowest BCUT2D eigenvalue weighted by Crippen LogP contribution is -2.44. The molecule has 1 fully saturated rings. The lowest BCUT2D eigenvalue weighted by molar-refractivity contribution is 0.0480. The molecule has 0 spiro atoms. The first-order chi connectivity index (χ1) is 9.82. The Balaban J connectivity index is 1.82. The monoisotopic (exact) mass is 295 g/mol. The van der Waals surface area contributed by atoms with Crippen LogP contribution >= 0.6 is 0 Å². The summed E-state index contributed by atoms with van der Waals surface area (Å²) in [7, 11) is 0. The predicted octanol–water partition coefficient (Wildman–Crippen LogP) is 1.68. The predicted molar refractivity (Wildman–Crippen MR) is 79.4 cm³/mol. The molecule has 0 aliphatic carbocycles. The maximum absolute atomic E-state index is 14.1. The second-order valence-corrected chi connectivity index (χ2v) is 6.70. The van der Waals surface area contributed by atoms with Gasteiger partial charge >= 0.3 is 0 Å². The molecule has 116 valence electrons. The molecule has 1 aromatic rings. The number of aliphatic hydroxyl groups excluding tert-OH is 1. The number of anilines is 2. The fourth-order valence-electron chi connectivity index (χ4n) is 3.05. The number of nitrogen functional groups attached to an aromatic ring is 1. The number of pyridine rings is 1. The lowest BCUT2D eigenvalue weighted by Gasteiger charge is -2.36. The third kappa shape index (κ3) is 2.64. The molecule has 0 atom stereocenters. The van der Waals surface area contributed by atoms with E-state index in [4.69, 9.17) is 15.6 Å². The highest BCUT2D eigenvalue weighted by atomic mass is 19.1. The summed E-state index contributed by atoms with van der Waals surface area (Å²) < 4.78 is 19.9. The zero-order valence-corrected chi connectivity index (χ0v) is 12.5. The van der Waals surface area contributed by atoms with E-state index in [1.54, 1.807) is 0 Å². The Kier molecular flexibility index (Phi) is 3.24. The lowest BCUT2D eigenvalue weighted by atomic mass is 9.94. The van der Waals surface area contributed by atoms with Crippen LogP contribution in [0.4, 0.5) is 15.9 Å². The number of halogens is 1. The van der Waals surface area contributed by atoms with E-state index in [0.29, 0.717) is 30.5 Å². The van der Waals surface area contributed by atoms with Crippen LogP contribution in [0.2, 0.25) is 0 Å². The maximum Gasteiger partial charge on any atom is 0.219 e. The van der Waals surface area contributed by atoms with E-state index in [9.17, 15) is 4.39 Å². The molecular weight excluding hydrogens is 273 g/mol. The number of rotatable bonds is 2. The zero-order valence-electron chi connectivity index (χ0n) is 12.5. The summed E-state index contributed by atoms with van der Waals surface area (Å²) in [5, 5.41) is 9.09. The Bertz CT molecular complexity index is 554.